The number of carbonyl (C=O) groups excluding carboxylic acids is 1. The number of benzene rings is 1. The molecule has 0 spiro atoms. The predicted molar refractivity (Wildman–Crippen MR) is 83.5 cm³/mol. The average molecular weight is 314 g/mol. The Kier molecular flexibility index (Phi) is 4.91. The molecule has 1 amide bonds. The van der Waals surface area contributed by atoms with Crippen molar-refractivity contribution in [2.45, 2.75) is 19.9 Å². The first-order valence-electron chi connectivity index (χ1n) is 6.99. The predicted octanol–water partition coefficient (Wildman–Crippen LogP) is 2.91. The van der Waals surface area contributed by atoms with E-state index < -0.39 is 11.9 Å². The van der Waals surface area contributed by atoms with Gasteiger partial charge >= 0.3 is 0 Å². The van der Waals surface area contributed by atoms with Crippen molar-refractivity contribution >= 4 is 5.91 Å². The SMILES string of the molecule is COc1ccc([C@@H](C#N)NC(=O)c2oc(C)cc2C)c(OC)c1. The third-order valence-electron chi connectivity index (χ3n) is 3.40. The molecular weight excluding hydrogens is 296 g/mol. The zero-order valence-electron chi connectivity index (χ0n) is 13.5. The molecule has 2 rings (SSSR count). The number of furan rings is 1. The van der Waals surface area contributed by atoms with E-state index in [0.29, 0.717) is 22.8 Å². The molecule has 0 aliphatic rings. The summed E-state index contributed by atoms with van der Waals surface area (Å²) in [5, 5.41) is 12.1. The highest BCUT2D eigenvalue weighted by molar-refractivity contribution is 5.93. The molecular formula is C17H18N2O4. The van der Waals surface area contributed by atoms with Crippen molar-refractivity contribution in [3.05, 3.63) is 46.9 Å². The number of hydrogen-bond acceptors (Lipinski definition) is 5. The van der Waals surface area contributed by atoms with Crippen molar-refractivity contribution in [1.82, 2.24) is 5.32 Å². The second-order valence-electron chi connectivity index (χ2n) is 5.01. The van der Waals surface area contributed by atoms with Gasteiger partial charge in [0.1, 0.15) is 23.3 Å². The molecule has 1 N–H and O–H groups in total. The lowest BCUT2D eigenvalue weighted by atomic mass is 10.1. The van der Waals surface area contributed by atoms with Crippen molar-refractivity contribution < 1.29 is 18.7 Å². The first kappa shape index (κ1) is 16.4. The van der Waals surface area contributed by atoms with Gasteiger partial charge in [0.15, 0.2) is 5.76 Å². The van der Waals surface area contributed by atoms with Crippen molar-refractivity contribution in [2.75, 3.05) is 14.2 Å². The number of aryl methyl sites for hydroxylation is 2. The molecule has 0 aliphatic carbocycles. The van der Waals surface area contributed by atoms with Crippen LogP contribution in [0.1, 0.15) is 33.5 Å². The van der Waals surface area contributed by atoms with E-state index in [4.69, 9.17) is 13.9 Å². The van der Waals surface area contributed by atoms with E-state index in [-0.39, 0.29) is 5.76 Å². The van der Waals surface area contributed by atoms with Crippen LogP contribution >= 0.6 is 0 Å². The summed E-state index contributed by atoms with van der Waals surface area (Å²) in [6.45, 7) is 3.54. The number of ether oxygens (including phenoxy) is 2. The lowest BCUT2D eigenvalue weighted by molar-refractivity contribution is 0.0914. The summed E-state index contributed by atoms with van der Waals surface area (Å²) < 4.78 is 15.8. The molecule has 0 fully saturated rings. The molecule has 6 heteroatoms. The maximum Gasteiger partial charge on any atom is 0.288 e. The van der Waals surface area contributed by atoms with Crippen LogP contribution in [0.15, 0.2) is 28.7 Å². The molecule has 0 bridgehead atoms. The third-order valence-corrected chi connectivity index (χ3v) is 3.40. The van der Waals surface area contributed by atoms with Crippen LogP contribution in [0.4, 0.5) is 0 Å². The number of nitrogens with one attached hydrogen (secondary N) is 1. The number of nitrogens with zero attached hydrogens (tertiary/aromatic N) is 1. The van der Waals surface area contributed by atoms with E-state index in [1.807, 2.05) is 0 Å². The Bertz CT molecular complexity index is 758. The molecule has 0 radical (unpaired) electrons. The largest absolute Gasteiger partial charge is 0.497 e. The van der Waals surface area contributed by atoms with Crippen LogP contribution in [0.3, 0.4) is 0 Å². The Morgan fingerprint density at radius 2 is 2.00 bits per heavy atom. The van der Waals surface area contributed by atoms with E-state index in [1.165, 1.54) is 7.11 Å². The molecule has 1 aromatic carbocycles. The summed E-state index contributed by atoms with van der Waals surface area (Å²) in [4.78, 5) is 12.3. The van der Waals surface area contributed by atoms with Gasteiger partial charge < -0.3 is 19.2 Å². The standard InChI is InChI=1S/C17H18N2O4/c1-10-7-11(2)23-16(10)17(20)19-14(9-18)13-6-5-12(21-3)8-15(13)22-4/h5-8,14H,1-4H3,(H,19,20)/t14-/m1/s1. The molecule has 1 heterocycles. The molecule has 0 saturated heterocycles. The van der Waals surface area contributed by atoms with Gasteiger partial charge in [0.25, 0.3) is 5.91 Å². The molecule has 0 aliphatic heterocycles. The fraction of sp³-hybridized carbons (Fsp3) is 0.294. The monoisotopic (exact) mass is 314 g/mol. The summed E-state index contributed by atoms with van der Waals surface area (Å²) in [5.41, 5.74) is 1.27. The maximum absolute atomic E-state index is 12.3. The van der Waals surface area contributed by atoms with Gasteiger partial charge in [-0.05, 0) is 32.0 Å². The van der Waals surface area contributed by atoms with E-state index in [1.54, 1.807) is 45.2 Å². The van der Waals surface area contributed by atoms with Crippen molar-refractivity contribution in [1.29, 1.82) is 5.26 Å². The fourth-order valence-corrected chi connectivity index (χ4v) is 2.30. The van der Waals surface area contributed by atoms with Gasteiger partial charge in [-0.1, -0.05) is 0 Å². The van der Waals surface area contributed by atoms with Gasteiger partial charge in [-0.15, -0.1) is 0 Å². The van der Waals surface area contributed by atoms with E-state index in [0.717, 1.165) is 5.56 Å². The van der Waals surface area contributed by atoms with Crippen LogP contribution in [-0.2, 0) is 0 Å². The Hall–Kier alpha value is -2.94. The van der Waals surface area contributed by atoms with Crippen LogP contribution in [0.2, 0.25) is 0 Å². The average Bonchev–Trinajstić information content (AvgIpc) is 2.90. The first-order valence-corrected chi connectivity index (χ1v) is 6.99. The lowest BCUT2D eigenvalue weighted by Crippen LogP contribution is -2.28. The molecule has 120 valence electrons. The number of nitriles is 1. The van der Waals surface area contributed by atoms with Gasteiger partial charge in [-0.3, -0.25) is 4.79 Å². The second-order valence-corrected chi connectivity index (χ2v) is 5.01. The highest BCUT2D eigenvalue weighted by Gasteiger charge is 2.22. The van der Waals surface area contributed by atoms with Crippen LogP contribution < -0.4 is 14.8 Å². The minimum atomic E-state index is -0.867. The highest BCUT2D eigenvalue weighted by atomic mass is 16.5. The quantitative estimate of drug-likeness (QED) is 0.917. The number of amides is 1. The number of methoxy groups -OCH3 is 2. The molecule has 0 saturated carbocycles. The molecule has 1 aromatic heterocycles. The summed E-state index contributed by atoms with van der Waals surface area (Å²) in [6.07, 6.45) is 0. The van der Waals surface area contributed by atoms with Crippen molar-refractivity contribution in [3.8, 4) is 17.6 Å². The van der Waals surface area contributed by atoms with Gasteiger partial charge in [-0.2, -0.15) is 5.26 Å². The number of rotatable bonds is 5. The van der Waals surface area contributed by atoms with Crippen LogP contribution in [-0.4, -0.2) is 20.1 Å². The number of carbonyl (C=O) groups is 1. The van der Waals surface area contributed by atoms with Crippen molar-refractivity contribution in [2.24, 2.45) is 0 Å². The molecule has 6 nitrogen and oxygen atoms in total. The molecule has 0 unspecified atom stereocenters. The Balaban J connectivity index is 2.29. The van der Waals surface area contributed by atoms with Crippen LogP contribution in [0.25, 0.3) is 0 Å². The fourth-order valence-electron chi connectivity index (χ4n) is 2.30. The molecule has 1 atom stereocenters. The topological polar surface area (TPSA) is 84.5 Å². The first-order chi connectivity index (χ1) is 11.0. The number of hydrogen-bond donors (Lipinski definition) is 1. The van der Waals surface area contributed by atoms with Gasteiger partial charge in [0.2, 0.25) is 0 Å². The molecule has 2 aromatic rings. The summed E-state index contributed by atoms with van der Waals surface area (Å²) in [6, 6.07) is 8.02. The second kappa shape index (κ2) is 6.88. The van der Waals surface area contributed by atoms with E-state index >= 15 is 0 Å². The minimum absolute atomic E-state index is 0.204. The van der Waals surface area contributed by atoms with Crippen molar-refractivity contribution in [3.63, 3.8) is 0 Å². The van der Waals surface area contributed by atoms with Gasteiger partial charge in [0.05, 0.1) is 20.3 Å². The minimum Gasteiger partial charge on any atom is -0.497 e. The third kappa shape index (κ3) is 3.46. The lowest BCUT2D eigenvalue weighted by Gasteiger charge is -2.15. The summed E-state index contributed by atoms with van der Waals surface area (Å²) in [7, 11) is 3.04. The Labute approximate surface area is 134 Å². The van der Waals surface area contributed by atoms with Gasteiger partial charge in [-0.25, -0.2) is 0 Å². The van der Waals surface area contributed by atoms with Gasteiger partial charge in [0, 0.05) is 17.2 Å². The summed E-state index contributed by atoms with van der Waals surface area (Å²) >= 11 is 0. The Morgan fingerprint density at radius 3 is 2.52 bits per heavy atom. The zero-order valence-corrected chi connectivity index (χ0v) is 13.5. The molecule has 23 heavy (non-hydrogen) atoms. The zero-order chi connectivity index (χ0) is 17.0. The Morgan fingerprint density at radius 1 is 1.26 bits per heavy atom. The maximum atomic E-state index is 12.3. The van der Waals surface area contributed by atoms with Crippen LogP contribution in [0, 0.1) is 25.2 Å². The van der Waals surface area contributed by atoms with Crippen LogP contribution in [0.5, 0.6) is 11.5 Å². The van der Waals surface area contributed by atoms with E-state index in [9.17, 15) is 10.1 Å². The van der Waals surface area contributed by atoms with E-state index in [2.05, 4.69) is 11.4 Å². The summed E-state index contributed by atoms with van der Waals surface area (Å²) in [5.74, 6) is 1.47. The smallest absolute Gasteiger partial charge is 0.288 e. The normalized spacial score (nSPS) is 11.4. The highest BCUT2D eigenvalue weighted by Crippen LogP contribution is 2.29.